The van der Waals surface area contributed by atoms with Gasteiger partial charge in [0.05, 0.1) is 11.1 Å². The maximum Gasteiger partial charge on any atom is 0.232 e. The third-order valence-corrected chi connectivity index (χ3v) is 7.74. The van der Waals surface area contributed by atoms with Gasteiger partial charge in [-0.05, 0) is 57.3 Å². The summed E-state index contributed by atoms with van der Waals surface area (Å²) in [6, 6.07) is 8.32. The minimum absolute atomic E-state index is 0.140. The highest BCUT2D eigenvalue weighted by atomic mass is 35.5. The number of carbonyl (C=O) groups is 1. The number of alkyl halides is 1. The standard InChI is InChI=1S/C21H23ClN2OS/c1-13-2-4-16(5-3-13)17-11-26-19(23-17)24-18(25)20-7-14-6-15(8-20)10-21(22,9-14)12-20/h2-5,11,14-15H,6-10,12H2,1H3,(H,23,24,25)/t14-,15+,20?,21?. The van der Waals surface area contributed by atoms with Crippen LogP contribution in [0, 0.1) is 24.2 Å². The van der Waals surface area contributed by atoms with Crippen LogP contribution in [0.5, 0.6) is 0 Å². The van der Waals surface area contributed by atoms with Gasteiger partial charge < -0.3 is 5.32 Å². The first-order chi connectivity index (χ1) is 12.4. The van der Waals surface area contributed by atoms with E-state index in [9.17, 15) is 4.79 Å². The van der Waals surface area contributed by atoms with Gasteiger partial charge in [-0.15, -0.1) is 22.9 Å². The number of hydrogen-bond donors (Lipinski definition) is 1. The fourth-order valence-electron chi connectivity index (χ4n) is 5.83. The Morgan fingerprint density at radius 3 is 2.54 bits per heavy atom. The predicted molar refractivity (Wildman–Crippen MR) is 107 cm³/mol. The molecule has 0 spiro atoms. The number of nitrogens with zero attached hydrogens (tertiary/aromatic N) is 1. The zero-order chi connectivity index (χ0) is 17.9. The van der Waals surface area contributed by atoms with Gasteiger partial charge in [0.25, 0.3) is 0 Å². The molecule has 2 unspecified atom stereocenters. The molecule has 4 aliphatic rings. The highest BCUT2D eigenvalue weighted by Gasteiger charge is 2.60. The van der Waals surface area contributed by atoms with Crippen LogP contribution < -0.4 is 5.32 Å². The van der Waals surface area contributed by atoms with E-state index in [0.29, 0.717) is 17.0 Å². The number of nitrogens with one attached hydrogen (secondary N) is 1. The van der Waals surface area contributed by atoms with Gasteiger partial charge in [-0.2, -0.15) is 0 Å². The molecule has 0 aliphatic heterocycles. The molecule has 4 aliphatic carbocycles. The summed E-state index contributed by atoms with van der Waals surface area (Å²) in [5.41, 5.74) is 2.96. The van der Waals surface area contributed by atoms with Crippen LogP contribution >= 0.6 is 22.9 Å². The van der Waals surface area contributed by atoms with Crippen LogP contribution in [0.25, 0.3) is 11.3 Å². The number of carbonyl (C=O) groups excluding carboxylic acids is 1. The van der Waals surface area contributed by atoms with Crippen LogP contribution in [0.1, 0.15) is 44.1 Å². The lowest BCUT2D eigenvalue weighted by atomic mass is 9.49. The maximum atomic E-state index is 13.2. The minimum atomic E-state index is -0.276. The Morgan fingerprint density at radius 1 is 1.19 bits per heavy atom. The monoisotopic (exact) mass is 386 g/mol. The van der Waals surface area contributed by atoms with Crippen molar-refractivity contribution in [2.75, 3.05) is 5.32 Å². The molecule has 1 N–H and O–H groups in total. The highest BCUT2D eigenvalue weighted by Crippen LogP contribution is 2.64. The Kier molecular flexibility index (Phi) is 3.74. The van der Waals surface area contributed by atoms with E-state index in [1.807, 2.05) is 5.38 Å². The first kappa shape index (κ1) is 16.8. The summed E-state index contributed by atoms with van der Waals surface area (Å²) < 4.78 is 0. The van der Waals surface area contributed by atoms with Crippen LogP contribution in [0.15, 0.2) is 29.6 Å². The molecule has 0 saturated heterocycles. The summed E-state index contributed by atoms with van der Waals surface area (Å²) in [5.74, 6) is 1.39. The molecule has 136 valence electrons. The quantitative estimate of drug-likeness (QED) is 0.694. The van der Waals surface area contributed by atoms with Crippen molar-refractivity contribution in [2.45, 2.75) is 50.3 Å². The second kappa shape index (κ2) is 5.80. The van der Waals surface area contributed by atoms with Crippen LogP contribution in [-0.4, -0.2) is 15.8 Å². The van der Waals surface area contributed by atoms with Crippen LogP contribution in [0.4, 0.5) is 5.13 Å². The molecular weight excluding hydrogens is 364 g/mol. The molecule has 3 nitrogen and oxygen atoms in total. The van der Waals surface area contributed by atoms with Crippen molar-refractivity contribution in [1.29, 1.82) is 0 Å². The average molecular weight is 387 g/mol. The number of thiazole rings is 1. The fraction of sp³-hybridized carbons (Fsp3) is 0.524. The molecule has 26 heavy (non-hydrogen) atoms. The zero-order valence-electron chi connectivity index (χ0n) is 14.9. The lowest BCUT2D eigenvalue weighted by Gasteiger charge is -2.59. The van der Waals surface area contributed by atoms with E-state index in [4.69, 9.17) is 11.6 Å². The lowest BCUT2D eigenvalue weighted by molar-refractivity contribution is -0.138. The van der Waals surface area contributed by atoms with E-state index in [0.717, 1.165) is 43.4 Å². The molecule has 6 rings (SSSR count). The number of benzene rings is 1. The molecule has 4 saturated carbocycles. The van der Waals surface area contributed by atoms with Crippen LogP contribution in [0.3, 0.4) is 0 Å². The normalized spacial score (nSPS) is 34.8. The zero-order valence-corrected chi connectivity index (χ0v) is 16.5. The second-order valence-electron chi connectivity index (χ2n) is 8.75. The van der Waals surface area contributed by atoms with E-state index >= 15 is 0 Å². The number of anilines is 1. The molecule has 1 aromatic carbocycles. The fourth-order valence-corrected chi connectivity index (χ4v) is 7.24. The van der Waals surface area contributed by atoms with Gasteiger partial charge in [0.2, 0.25) is 5.91 Å². The number of aromatic nitrogens is 1. The minimum Gasteiger partial charge on any atom is -0.301 e. The summed E-state index contributed by atoms with van der Waals surface area (Å²) >= 11 is 8.38. The third kappa shape index (κ3) is 2.78. The van der Waals surface area contributed by atoms with Crippen LogP contribution in [0.2, 0.25) is 0 Å². The maximum absolute atomic E-state index is 13.2. The van der Waals surface area contributed by atoms with Crippen molar-refractivity contribution in [3.63, 3.8) is 0 Å². The Labute approximate surface area is 163 Å². The van der Waals surface area contributed by atoms with Crippen LogP contribution in [-0.2, 0) is 4.79 Å². The number of halogens is 1. The van der Waals surface area contributed by atoms with Crippen molar-refractivity contribution in [2.24, 2.45) is 17.3 Å². The molecule has 1 heterocycles. The van der Waals surface area contributed by atoms with E-state index in [-0.39, 0.29) is 16.2 Å². The van der Waals surface area contributed by atoms with Crippen molar-refractivity contribution < 1.29 is 4.79 Å². The predicted octanol–water partition coefficient (Wildman–Crippen LogP) is 5.63. The van der Waals surface area contributed by atoms with Gasteiger partial charge in [-0.25, -0.2) is 4.98 Å². The molecule has 2 aromatic rings. The van der Waals surface area contributed by atoms with Gasteiger partial charge in [0.15, 0.2) is 5.13 Å². The molecule has 4 fully saturated rings. The number of aryl methyl sites for hydroxylation is 1. The SMILES string of the molecule is Cc1ccc(-c2csc(NC(=O)C34C[C@@H]5C[C@@H](CC(Cl)(C5)C3)C4)n2)cc1. The van der Waals surface area contributed by atoms with Crippen molar-refractivity contribution >= 4 is 34.0 Å². The number of rotatable bonds is 3. The summed E-state index contributed by atoms with van der Waals surface area (Å²) in [5, 5.41) is 5.84. The Hall–Kier alpha value is -1.39. The van der Waals surface area contributed by atoms with E-state index < -0.39 is 0 Å². The lowest BCUT2D eigenvalue weighted by Crippen LogP contribution is -2.57. The largest absolute Gasteiger partial charge is 0.301 e. The average Bonchev–Trinajstić information content (AvgIpc) is 3.01. The Balaban J connectivity index is 1.36. The first-order valence-corrected chi connectivity index (χ1v) is 10.7. The number of amides is 1. The van der Waals surface area contributed by atoms with Crippen molar-refractivity contribution in [3.05, 3.63) is 35.2 Å². The molecular formula is C21H23ClN2OS. The first-order valence-electron chi connectivity index (χ1n) is 9.46. The summed E-state index contributed by atoms with van der Waals surface area (Å²) in [7, 11) is 0. The molecule has 4 atom stereocenters. The van der Waals surface area contributed by atoms with E-state index in [1.54, 1.807) is 0 Å². The summed E-state index contributed by atoms with van der Waals surface area (Å²) in [4.78, 5) is 17.7. The second-order valence-corrected chi connectivity index (χ2v) is 10.4. The molecule has 5 heteroatoms. The van der Waals surface area contributed by atoms with Gasteiger partial charge in [-0.1, -0.05) is 29.8 Å². The van der Waals surface area contributed by atoms with Crippen molar-refractivity contribution in [3.8, 4) is 11.3 Å². The summed E-state index contributed by atoms with van der Waals surface area (Å²) in [6.07, 6.45) is 6.28. The third-order valence-electron chi connectivity index (χ3n) is 6.54. The van der Waals surface area contributed by atoms with Gasteiger partial charge >= 0.3 is 0 Å². The van der Waals surface area contributed by atoms with Crippen molar-refractivity contribution in [1.82, 2.24) is 4.98 Å². The molecule has 4 bridgehead atoms. The van der Waals surface area contributed by atoms with E-state index in [2.05, 4.69) is 41.5 Å². The Bertz CT molecular complexity index is 845. The molecule has 1 aromatic heterocycles. The topological polar surface area (TPSA) is 42.0 Å². The number of hydrogen-bond acceptors (Lipinski definition) is 3. The summed E-state index contributed by atoms with van der Waals surface area (Å²) in [6.45, 7) is 2.07. The van der Waals surface area contributed by atoms with E-state index in [1.165, 1.54) is 23.3 Å². The smallest absolute Gasteiger partial charge is 0.232 e. The van der Waals surface area contributed by atoms with Gasteiger partial charge in [-0.3, -0.25) is 4.79 Å². The molecule has 1 amide bonds. The molecule has 0 radical (unpaired) electrons. The van der Waals surface area contributed by atoms with Gasteiger partial charge in [0, 0.05) is 15.8 Å². The Morgan fingerprint density at radius 2 is 1.88 bits per heavy atom. The van der Waals surface area contributed by atoms with Gasteiger partial charge in [0.1, 0.15) is 0 Å². The highest BCUT2D eigenvalue weighted by molar-refractivity contribution is 7.14.